The molecule has 1 N–H and O–H groups in total. The fourth-order valence-electron chi connectivity index (χ4n) is 3.42. The van der Waals surface area contributed by atoms with Crippen LogP contribution in [0.4, 0.5) is 0 Å². The van der Waals surface area contributed by atoms with Crippen molar-refractivity contribution in [2.24, 2.45) is 0 Å². The van der Waals surface area contributed by atoms with Crippen molar-refractivity contribution in [3.8, 4) is 0 Å². The van der Waals surface area contributed by atoms with E-state index in [1.165, 1.54) is 6.26 Å². The molecule has 0 amide bonds. The summed E-state index contributed by atoms with van der Waals surface area (Å²) in [5, 5.41) is 3.26. The van der Waals surface area contributed by atoms with Crippen molar-refractivity contribution in [2.75, 3.05) is 26.4 Å². The van der Waals surface area contributed by atoms with Gasteiger partial charge in [0.25, 0.3) is 0 Å². The average molecular weight is 274 g/mol. The molecule has 1 aliphatic heterocycles. The van der Waals surface area contributed by atoms with Crippen LogP contribution in [0.3, 0.4) is 0 Å². The zero-order chi connectivity index (χ0) is 13.4. The van der Waals surface area contributed by atoms with Gasteiger partial charge in [-0.2, -0.15) is 0 Å². The molecule has 0 radical (unpaired) electrons. The Morgan fingerprint density at radius 3 is 2.33 bits per heavy atom. The molecule has 2 unspecified atom stereocenters. The summed E-state index contributed by atoms with van der Waals surface area (Å²) in [6, 6.07) is 0.265. The van der Waals surface area contributed by atoms with Gasteiger partial charge in [0, 0.05) is 30.9 Å². The number of sulfone groups is 1. The number of hydrogen-bond acceptors (Lipinski definition) is 4. The summed E-state index contributed by atoms with van der Waals surface area (Å²) in [6.45, 7) is 4.30. The lowest BCUT2D eigenvalue weighted by atomic mass is 9.89. The maximum atomic E-state index is 11.8. The Hall–Kier alpha value is -0.130. The maximum Gasteiger partial charge on any atom is 0.151 e. The van der Waals surface area contributed by atoms with Crippen LogP contribution in [0.15, 0.2) is 0 Å². The minimum absolute atomic E-state index is 0.128. The lowest BCUT2D eigenvalue weighted by molar-refractivity contribution is 0.113. The first-order valence-corrected chi connectivity index (χ1v) is 8.93. The summed E-state index contributed by atoms with van der Waals surface area (Å²) < 4.78 is 23.7. The maximum absolute atomic E-state index is 11.8. The highest BCUT2D eigenvalue weighted by Crippen LogP contribution is 2.32. The average Bonchev–Trinajstić information content (AvgIpc) is 2.79. The Morgan fingerprint density at radius 2 is 1.83 bits per heavy atom. The monoisotopic (exact) mass is 274 g/mol. The van der Waals surface area contributed by atoms with Gasteiger partial charge < -0.3 is 5.32 Å². The SMILES string of the molecule is CNC1(C)CCN(C2CCCC2S(C)(=O)=O)CC1. The number of hydrogen-bond donors (Lipinski definition) is 1. The molecule has 106 valence electrons. The van der Waals surface area contributed by atoms with Gasteiger partial charge in [0.05, 0.1) is 5.25 Å². The molecule has 2 atom stereocenters. The van der Waals surface area contributed by atoms with Gasteiger partial charge >= 0.3 is 0 Å². The molecular weight excluding hydrogens is 248 g/mol. The van der Waals surface area contributed by atoms with Crippen LogP contribution < -0.4 is 5.32 Å². The molecule has 0 bridgehead atoms. The molecule has 0 spiro atoms. The third-order valence-corrected chi connectivity index (χ3v) is 6.59. The molecule has 18 heavy (non-hydrogen) atoms. The van der Waals surface area contributed by atoms with E-state index in [1.54, 1.807) is 0 Å². The summed E-state index contributed by atoms with van der Waals surface area (Å²) >= 11 is 0. The molecule has 4 nitrogen and oxygen atoms in total. The Balaban J connectivity index is 2.01. The molecule has 1 heterocycles. The summed E-state index contributed by atoms with van der Waals surface area (Å²) in [5.74, 6) is 0. The largest absolute Gasteiger partial charge is 0.314 e. The molecule has 1 saturated heterocycles. The highest BCUT2D eigenvalue weighted by Gasteiger charge is 2.40. The Morgan fingerprint density at radius 1 is 1.22 bits per heavy atom. The molecule has 1 aliphatic carbocycles. The predicted octanol–water partition coefficient (Wildman–Crippen LogP) is 1.03. The molecule has 2 rings (SSSR count). The van der Waals surface area contributed by atoms with Crippen molar-refractivity contribution in [1.29, 1.82) is 0 Å². The van der Waals surface area contributed by atoms with E-state index < -0.39 is 9.84 Å². The molecular formula is C13H26N2O2S. The highest BCUT2D eigenvalue weighted by atomic mass is 32.2. The van der Waals surface area contributed by atoms with Gasteiger partial charge in [-0.1, -0.05) is 6.42 Å². The molecule has 0 aromatic rings. The standard InChI is InChI=1S/C13H26N2O2S/c1-13(14-2)7-9-15(10-8-13)11-5-4-6-12(11)18(3,16)17/h11-12,14H,4-10H2,1-3H3. The number of nitrogens with one attached hydrogen (secondary N) is 1. The summed E-state index contributed by atoms with van der Waals surface area (Å²) in [5.41, 5.74) is 0.232. The van der Waals surface area contributed by atoms with Crippen LogP contribution in [0.25, 0.3) is 0 Å². The number of nitrogens with zero attached hydrogens (tertiary/aromatic N) is 1. The lowest BCUT2D eigenvalue weighted by Crippen LogP contribution is -2.54. The molecule has 5 heteroatoms. The lowest BCUT2D eigenvalue weighted by Gasteiger charge is -2.43. The van der Waals surface area contributed by atoms with Crippen molar-refractivity contribution in [1.82, 2.24) is 10.2 Å². The van der Waals surface area contributed by atoms with Crippen molar-refractivity contribution >= 4 is 9.84 Å². The first kappa shape index (κ1) is 14.3. The van der Waals surface area contributed by atoms with Crippen LogP contribution >= 0.6 is 0 Å². The van der Waals surface area contributed by atoms with E-state index in [2.05, 4.69) is 17.1 Å². The minimum Gasteiger partial charge on any atom is -0.314 e. The smallest absolute Gasteiger partial charge is 0.151 e. The van der Waals surface area contributed by atoms with Crippen LogP contribution in [-0.4, -0.2) is 56.5 Å². The van der Waals surface area contributed by atoms with Crippen molar-refractivity contribution in [3.05, 3.63) is 0 Å². The Kier molecular flexibility index (Phi) is 4.04. The Labute approximate surface area is 111 Å². The van der Waals surface area contributed by atoms with Gasteiger partial charge in [-0.05, 0) is 39.7 Å². The first-order valence-electron chi connectivity index (χ1n) is 6.97. The topological polar surface area (TPSA) is 49.4 Å². The van der Waals surface area contributed by atoms with Crippen LogP contribution in [0.1, 0.15) is 39.0 Å². The van der Waals surface area contributed by atoms with Crippen LogP contribution in [-0.2, 0) is 9.84 Å². The van der Waals surface area contributed by atoms with Crippen molar-refractivity contribution in [3.63, 3.8) is 0 Å². The van der Waals surface area contributed by atoms with Crippen molar-refractivity contribution in [2.45, 2.75) is 55.9 Å². The molecule has 2 aliphatic rings. The van der Waals surface area contributed by atoms with E-state index in [0.29, 0.717) is 0 Å². The summed E-state index contributed by atoms with van der Waals surface area (Å²) in [4.78, 5) is 2.41. The zero-order valence-corrected chi connectivity index (χ0v) is 12.6. The summed E-state index contributed by atoms with van der Waals surface area (Å²) in [7, 11) is -0.874. The second kappa shape index (κ2) is 5.10. The molecule has 0 aromatic heterocycles. The molecule has 0 aromatic carbocycles. The van der Waals surface area contributed by atoms with Gasteiger partial charge in [-0.15, -0.1) is 0 Å². The number of likely N-dealkylation sites (tertiary alicyclic amines) is 1. The Bertz CT molecular complexity index is 386. The quantitative estimate of drug-likeness (QED) is 0.835. The van der Waals surface area contributed by atoms with Crippen LogP contribution in [0.2, 0.25) is 0 Å². The van der Waals surface area contributed by atoms with Gasteiger partial charge in [-0.3, -0.25) is 4.90 Å². The minimum atomic E-state index is -2.89. The molecule has 1 saturated carbocycles. The third-order valence-electron chi connectivity index (χ3n) is 4.94. The second-order valence-electron chi connectivity index (χ2n) is 6.21. The second-order valence-corrected chi connectivity index (χ2v) is 8.48. The number of rotatable bonds is 3. The fourth-order valence-corrected chi connectivity index (χ4v) is 4.90. The first-order chi connectivity index (χ1) is 8.36. The van der Waals surface area contributed by atoms with Crippen LogP contribution in [0.5, 0.6) is 0 Å². The van der Waals surface area contributed by atoms with E-state index in [4.69, 9.17) is 0 Å². The normalized spacial score (nSPS) is 33.7. The zero-order valence-electron chi connectivity index (χ0n) is 11.8. The highest BCUT2D eigenvalue weighted by molar-refractivity contribution is 7.91. The van der Waals surface area contributed by atoms with E-state index in [1.807, 2.05) is 7.05 Å². The van der Waals surface area contributed by atoms with Crippen LogP contribution in [0, 0.1) is 0 Å². The van der Waals surface area contributed by atoms with Gasteiger partial charge in [0.1, 0.15) is 0 Å². The van der Waals surface area contributed by atoms with E-state index in [0.717, 1.165) is 45.2 Å². The third kappa shape index (κ3) is 2.89. The fraction of sp³-hybridized carbons (Fsp3) is 1.00. The van der Waals surface area contributed by atoms with E-state index >= 15 is 0 Å². The predicted molar refractivity (Wildman–Crippen MR) is 74.5 cm³/mol. The number of piperidine rings is 1. The van der Waals surface area contributed by atoms with Crippen molar-refractivity contribution < 1.29 is 8.42 Å². The van der Waals surface area contributed by atoms with Gasteiger partial charge in [-0.25, -0.2) is 8.42 Å². The van der Waals surface area contributed by atoms with Gasteiger partial charge in [0.2, 0.25) is 0 Å². The van der Waals surface area contributed by atoms with Gasteiger partial charge in [0.15, 0.2) is 9.84 Å². The summed E-state index contributed by atoms with van der Waals surface area (Å²) in [6.07, 6.45) is 6.57. The van der Waals surface area contributed by atoms with E-state index in [-0.39, 0.29) is 16.8 Å². The molecule has 2 fully saturated rings. The van der Waals surface area contributed by atoms with E-state index in [9.17, 15) is 8.42 Å².